The first kappa shape index (κ1) is 44.9. The molecule has 2 aromatic heterocycles. The lowest BCUT2D eigenvalue weighted by Gasteiger charge is -2.16. The van der Waals surface area contributed by atoms with Gasteiger partial charge in [0, 0.05) is 38.7 Å². The Morgan fingerprint density at radius 3 is 1.22 bits per heavy atom. The van der Waals surface area contributed by atoms with E-state index in [0.717, 1.165) is 46.5 Å². The molecule has 16 heteroatoms. The van der Waals surface area contributed by atoms with Crippen LogP contribution in [0.2, 0.25) is 10.0 Å². The molecule has 6 aromatic carbocycles. The van der Waals surface area contributed by atoms with Gasteiger partial charge in [-0.25, -0.2) is 19.6 Å². The average Bonchev–Trinajstić information content (AvgIpc) is 3.25. The predicted octanol–water partition coefficient (Wildman–Crippen LogP) is 9.44. The van der Waals surface area contributed by atoms with Crippen LogP contribution in [0.5, 0.6) is 11.5 Å². The zero-order valence-corrected chi connectivity index (χ0v) is 35.5. The maximum absolute atomic E-state index is 11.6. The number of nitrogens with zero attached hydrogens (tertiary/aromatic N) is 4. The first-order valence-corrected chi connectivity index (χ1v) is 20.2. The molecule has 320 valence electrons. The van der Waals surface area contributed by atoms with Crippen molar-refractivity contribution >= 4 is 80.2 Å². The molecule has 0 aliphatic carbocycles. The van der Waals surface area contributed by atoms with E-state index in [0.29, 0.717) is 54.4 Å². The third kappa shape index (κ3) is 9.94. The molecule has 0 fully saturated rings. The van der Waals surface area contributed by atoms with Crippen LogP contribution < -0.4 is 22.9 Å². The number of halogens is 2. The minimum Gasteiger partial charge on any atom is -0.507 e. The number of nitrogen functional groups attached to an aromatic ring is 4. The second-order valence-electron chi connectivity index (χ2n) is 14.0. The molecule has 0 saturated carbocycles. The van der Waals surface area contributed by atoms with Gasteiger partial charge in [0.1, 0.15) is 34.3 Å². The summed E-state index contributed by atoms with van der Waals surface area (Å²) in [5.74, 6) is -2.14. The maximum Gasteiger partial charge on any atom is 0.339 e. The molecular formula is C47H42Cl2N8O6. The van der Waals surface area contributed by atoms with Gasteiger partial charge in [0.15, 0.2) is 0 Å². The molecule has 0 spiro atoms. The summed E-state index contributed by atoms with van der Waals surface area (Å²) in [7, 11) is 0. The number of carboxylic acid groups (broad SMARTS) is 2. The van der Waals surface area contributed by atoms with Crippen LogP contribution in [-0.4, -0.2) is 52.3 Å². The van der Waals surface area contributed by atoms with Crippen molar-refractivity contribution in [3.05, 3.63) is 153 Å². The zero-order valence-electron chi connectivity index (χ0n) is 34.0. The number of benzene rings is 6. The molecule has 0 aliphatic heterocycles. The molecule has 0 aliphatic rings. The van der Waals surface area contributed by atoms with Crippen molar-refractivity contribution in [1.29, 1.82) is 0 Å². The van der Waals surface area contributed by atoms with Gasteiger partial charge >= 0.3 is 11.9 Å². The normalized spacial score (nSPS) is 10.7. The summed E-state index contributed by atoms with van der Waals surface area (Å²) in [6.07, 6.45) is 1.45. The van der Waals surface area contributed by atoms with Crippen LogP contribution >= 0.6 is 23.2 Å². The highest BCUT2D eigenvalue weighted by Crippen LogP contribution is 2.39. The molecule has 0 unspecified atom stereocenters. The highest BCUT2D eigenvalue weighted by Gasteiger charge is 2.23. The zero-order chi connectivity index (χ0) is 45.5. The lowest BCUT2D eigenvalue weighted by atomic mass is 9.90. The number of aromatic hydroxyl groups is 2. The van der Waals surface area contributed by atoms with Crippen molar-refractivity contribution in [2.75, 3.05) is 22.9 Å². The predicted molar refractivity (Wildman–Crippen MR) is 249 cm³/mol. The van der Waals surface area contributed by atoms with E-state index in [2.05, 4.69) is 19.9 Å². The Labute approximate surface area is 371 Å². The third-order valence-corrected chi connectivity index (χ3v) is 10.6. The van der Waals surface area contributed by atoms with Gasteiger partial charge < -0.3 is 43.4 Å². The van der Waals surface area contributed by atoms with Crippen LogP contribution in [0, 0.1) is 0 Å². The Morgan fingerprint density at radius 1 is 0.540 bits per heavy atom. The van der Waals surface area contributed by atoms with Crippen molar-refractivity contribution in [2.24, 2.45) is 0 Å². The number of carbonyl (C=O) groups is 2. The highest BCUT2D eigenvalue weighted by molar-refractivity contribution is 6.31. The first-order chi connectivity index (χ1) is 30.1. The van der Waals surface area contributed by atoms with Crippen molar-refractivity contribution in [1.82, 2.24) is 19.9 Å². The summed E-state index contributed by atoms with van der Waals surface area (Å²) in [6, 6.07) is 31.6. The monoisotopic (exact) mass is 884 g/mol. The summed E-state index contributed by atoms with van der Waals surface area (Å²) in [5.41, 5.74) is 28.3. The van der Waals surface area contributed by atoms with Gasteiger partial charge in [0.05, 0.1) is 11.4 Å². The van der Waals surface area contributed by atoms with Gasteiger partial charge in [-0.2, -0.15) is 9.97 Å². The van der Waals surface area contributed by atoms with E-state index in [1.807, 2.05) is 62.4 Å². The molecule has 0 atom stereocenters. The fourth-order valence-corrected chi connectivity index (χ4v) is 7.40. The highest BCUT2D eigenvalue weighted by atomic mass is 35.5. The number of rotatable bonds is 8. The van der Waals surface area contributed by atoms with Gasteiger partial charge in [0.25, 0.3) is 0 Å². The minimum atomic E-state index is -1.28. The smallest absolute Gasteiger partial charge is 0.339 e. The Hall–Kier alpha value is -7.68. The minimum absolute atomic E-state index is 0.0407. The molecule has 0 radical (unpaired) electrons. The number of anilines is 4. The molecule has 0 amide bonds. The van der Waals surface area contributed by atoms with Gasteiger partial charge in [-0.15, -0.1) is 0 Å². The second-order valence-corrected chi connectivity index (χ2v) is 14.9. The summed E-state index contributed by atoms with van der Waals surface area (Å²) in [6.45, 7) is 4.00. The van der Waals surface area contributed by atoms with Crippen molar-refractivity contribution in [3.8, 4) is 33.8 Å². The standard InChI is InChI=1S/C23H16O6.2C12H13ClN4/c24-20-16(14-7-3-1-5-12(14)9-18(20)22(26)27)11-17-15-8-4-2-6-13(15)10-19(21(17)25)23(28)29;2*1-2-9-10(11(14)17-12(15)16-9)7-3-5-8(13)6-4-7/h1-10,24-25H,11H2,(H,26,27)(H,28,29);2*3-6H,2H2,1H3,(H4,14,15,16,17). The number of aromatic carboxylic acids is 2. The Morgan fingerprint density at radius 2 is 0.889 bits per heavy atom. The summed E-state index contributed by atoms with van der Waals surface area (Å²) in [4.78, 5) is 39.6. The average molecular weight is 886 g/mol. The van der Waals surface area contributed by atoms with Crippen LogP contribution in [-0.2, 0) is 19.3 Å². The van der Waals surface area contributed by atoms with Crippen LogP contribution in [0.15, 0.2) is 109 Å². The number of carboxylic acids is 2. The molecule has 0 bridgehead atoms. The number of hydrogen-bond acceptors (Lipinski definition) is 12. The first-order valence-electron chi connectivity index (χ1n) is 19.4. The van der Waals surface area contributed by atoms with E-state index in [4.69, 9.17) is 46.1 Å². The Kier molecular flexibility index (Phi) is 13.8. The lowest BCUT2D eigenvalue weighted by Crippen LogP contribution is -2.06. The molecule has 12 N–H and O–H groups in total. The second kappa shape index (κ2) is 19.4. The van der Waals surface area contributed by atoms with Gasteiger partial charge in [-0.1, -0.05) is 110 Å². The fraction of sp³-hybridized carbons (Fsp3) is 0.106. The number of phenols is 2. The van der Waals surface area contributed by atoms with Crippen molar-refractivity contribution in [2.45, 2.75) is 33.1 Å². The molecule has 0 saturated heterocycles. The van der Waals surface area contributed by atoms with Crippen LogP contribution in [0.3, 0.4) is 0 Å². The largest absolute Gasteiger partial charge is 0.507 e. The van der Waals surface area contributed by atoms with Crippen molar-refractivity contribution < 1.29 is 30.0 Å². The number of nitrogens with two attached hydrogens (primary N) is 4. The van der Waals surface area contributed by atoms with E-state index in [1.54, 1.807) is 48.5 Å². The Bertz CT molecular complexity index is 2800. The molecule has 8 rings (SSSR count). The summed E-state index contributed by atoms with van der Waals surface area (Å²) in [5, 5.41) is 44.2. The van der Waals surface area contributed by atoms with E-state index >= 15 is 0 Å². The third-order valence-electron chi connectivity index (χ3n) is 10.1. The number of aryl methyl sites for hydroxylation is 2. The lowest BCUT2D eigenvalue weighted by molar-refractivity contribution is 0.0682. The molecule has 2 heterocycles. The summed E-state index contributed by atoms with van der Waals surface area (Å²) >= 11 is 11.7. The van der Waals surface area contributed by atoms with E-state index < -0.39 is 23.4 Å². The van der Waals surface area contributed by atoms with E-state index in [-0.39, 0.29) is 29.4 Å². The number of hydrogen-bond donors (Lipinski definition) is 8. The van der Waals surface area contributed by atoms with Crippen LogP contribution in [0.4, 0.5) is 23.5 Å². The van der Waals surface area contributed by atoms with Crippen molar-refractivity contribution in [3.63, 3.8) is 0 Å². The molecule has 8 aromatic rings. The number of aromatic nitrogens is 4. The SMILES string of the molecule is CCc1nc(N)nc(N)c1-c1ccc(Cl)cc1.CCc1nc(N)nc(N)c1-c1ccc(Cl)cc1.O=C(O)c1cc2ccccc2c(Cc2c(O)c(C(=O)O)cc3ccccc23)c1O. The fourth-order valence-electron chi connectivity index (χ4n) is 7.15. The van der Waals surface area contributed by atoms with Gasteiger partial charge in [-0.05, 0) is 81.9 Å². The number of fused-ring (bicyclic) bond motifs is 2. The molecule has 14 nitrogen and oxygen atoms in total. The summed E-state index contributed by atoms with van der Waals surface area (Å²) < 4.78 is 0. The van der Waals surface area contributed by atoms with Gasteiger partial charge in [0.2, 0.25) is 11.9 Å². The topological polar surface area (TPSA) is 271 Å². The maximum atomic E-state index is 11.6. The van der Waals surface area contributed by atoms with E-state index in [9.17, 15) is 30.0 Å². The Balaban J connectivity index is 0.000000167. The quantitative estimate of drug-likeness (QED) is 0.0706. The van der Waals surface area contributed by atoms with E-state index in [1.165, 1.54) is 12.1 Å². The van der Waals surface area contributed by atoms with Crippen LogP contribution in [0.25, 0.3) is 43.8 Å². The van der Waals surface area contributed by atoms with Crippen LogP contribution in [0.1, 0.15) is 57.1 Å². The van der Waals surface area contributed by atoms with Gasteiger partial charge in [-0.3, -0.25) is 0 Å². The molecular weight excluding hydrogens is 843 g/mol. The molecule has 63 heavy (non-hydrogen) atoms.